The average molecular weight is 288 g/mol. The molecule has 0 aliphatic heterocycles. The number of aliphatic hydroxyl groups excluding tert-OH is 1. The number of carbonyl (C=O) groups is 1. The maximum absolute atomic E-state index is 13.1. The Hall–Kier alpha value is -1.17. The third-order valence-corrected chi connectivity index (χ3v) is 4.01. The molecule has 1 aromatic carbocycles. The Kier molecular flexibility index (Phi) is 3.85. The summed E-state index contributed by atoms with van der Waals surface area (Å²) in [5, 5.41) is 12.6. The van der Waals surface area contributed by atoms with Crippen LogP contribution in [0.2, 0.25) is 5.02 Å². The van der Waals surface area contributed by atoms with Gasteiger partial charge in [-0.15, -0.1) is 11.3 Å². The molecule has 0 unspecified atom stereocenters. The number of benzene rings is 1. The van der Waals surface area contributed by atoms with Gasteiger partial charge in [0, 0.05) is 16.6 Å². The van der Waals surface area contributed by atoms with Crippen molar-refractivity contribution >= 4 is 38.9 Å². The number of carbonyl (C=O) groups excluding carboxylic acids is 1. The lowest BCUT2D eigenvalue weighted by Crippen LogP contribution is -2.30. The van der Waals surface area contributed by atoms with Crippen molar-refractivity contribution in [3.63, 3.8) is 0 Å². The molecule has 2 N–H and O–H groups in total. The number of fused-ring (bicyclic) bond motifs is 1. The van der Waals surface area contributed by atoms with Crippen LogP contribution < -0.4 is 5.32 Å². The first-order chi connectivity index (χ1) is 8.49. The number of thiophene rings is 1. The number of nitrogens with one attached hydrogen (secondary N) is 1. The summed E-state index contributed by atoms with van der Waals surface area (Å²) < 4.78 is 13.7. The molecule has 2 aromatic rings. The fraction of sp³-hybridized carbons (Fsp3) is 0.250. The van der Waals surface area contributed by atoms with Crippen LogP contribution in [0.4, 0.5) is 4.39 Å². The van der Waals surface area contributed by atoms with E-state index in [2.05, 4.69) is 5.32 Å². The van der Waals surface area contributed by atoms with E-state index in [1.807, 2.05) is 0 Å². The minimum absolute atomic E-state index is 0.151. The van der Waals surface area contributed by atoms with E-state index in [1.165, 1.54) is 12.1 Å². The van der Waals surface area contributed by atoms with Crippen LogP contribution in [0.25, 0.3) is 10.1 Å². The molecule has 1 atom stereocenters. The molecule has 1 aromatic heterocycles. The minimum Gasteiger partial charge on any atom is -0.392 e. The van der Waals surface area contributed by atoms with Crippen molar-refractivity contribution in [2.45, 2.75) is 13.0 Å². The van der Waals surface area contributed by atoms with Crippen molar-refractivity contribution in [2.75, 3.05) is 6.54 Å². The van der Waals surface area contributed by atoms with Gasteiger partial charge in [0.15, 0.2) is 0 Å². The molecule has 0 saturated carbocycles. The zero-order chi connectivity index (χ0) is 13.3. The quantitative estimate of drug-likeness (QED) is 0.912. The number of amides is 1. The molecular formula is C12H11ClFNO2S. The van der Waals surface area contributed by atoms with E-state index in [0.717, 1.165) is 11.3 Å². The summed E-state index contributed by atoms with van der Waals surface area (Å²) in [6, 6.07) is 4.20. The van der Waals surface area contributed by atoms with Crippen LogP contribution >= 0.6 is 22.9 Å². The fourth-order valence-electron chi connectivity index (χ4n) is 1.51. The smallest absolute Gasteiger partial charge is 0.263 e. The summed E-state index contributed by atoms with van der Waals surface area (Å²) in [4.78, 5) is 12.2. The first-order valence-corrected chi connectivity index (χ1v) is 6.52. The third-order valence-electron chi connectivity index (χ3n) is 2.36. The second kappa shape index (κ2) is 5.22. The Labute approximate surface area is 112 Å². The van der Waals surface area contributed by atoms with Crippen molar-refractivity contribution < 1.29 is 14.3 Å². The van der Waals surface area contributed by atoms with Crippen LogP contribution in [0, 0.1) is 5.82 Å². The molecule has 96 valence electrons. The molecular weight excluding hydrogens is 277 g/mol. The van der Waals surface area contributed by atoms with Gasteiger partial charge >= 0.3 is 0 Å². The van der Waals surface area contributed by atoms with Gasteiger partial charge in [-0.2, -0.15) is 0 Å². The second-order valence-corrected chi connectivity index (χ2v) is 5.37. The van der Waals surface area contributed by atoms with Gasteiger partial charge in [0.05, 0.1) is 11.1 Å². The second-order valence-electron chi connectivity index (χ2n) is 3.94. The maximum Gasteiger partial charge on any atom is 0.263 e. The summed E-state index contributed by atoms with van der Waals surface area (Å²) in [6.45, 7) is 1.72. The highest BCUT2D eigenvalue weighted by atomic mass is 35.5. The Morgan fingerprint density at radius 1 is 1.61 bits per heavy atom. The molecule has 6 heteroatoms. The van der Waals surface area contributed by atoms with Crippen molar-refractivity contribution in [3.05, 3.63) is 33.9 Å². The average Bonchev–Trinajstić information content (AvgIpc) is 2.63. The van der Waals surface area contributed by atoms with Crippen LogP contribution in [0.1, 0.15) is 16.6 Å². The van der Waals surface area contributed by atoms with E-state index >= 15 is 0 Å². The number of hydrogen-bond donors (Lipinski definition) is 2. The summed E-state index contributed by atoms with van der Waals surface area (Å²) in [5.74, 6) is -0.723. The number of halogens is 2. The lowest BCUT2D eigenvalue weighted by atomic mass is 10.2. The Morgan fingerprint density at radius 2 is 2.33 bits per heavy atom. The van der Waals surface area contributed by atoms with Crippen LogP contribution in [0.15, 0.2) is 18.2 Å². The highest BCUT2D eigenvalue weighted by Gasteiger charge is 2.17. The van der Waals surface area contributed by atoms with Gasteiger partial charge in [0.1, 0.15) is 10.7 Å². The molecule has 0 spiro atoms. The van der Waals surface area contributed by atoms with E-state index in [4.69, 9.17) is 16.7 Å². The van der Waals surface area contributed by atoms with E-state index in [1.54, 1.807) is 13.0 Å². The summed E-state index contributed by atoms with van der Waals surface area (Å²) in [6.07, 6.45) is -0.625. The third kappa shape index (κ3) is 2.63. The highest BCUT2D eigenvalue weighted by molar-refractivity contribution is 7.21. The summed E-state index contributed by atoms with van der Waals surface area (Å²) >= 11 is 7.22. The zero-order valence-corrected chi connectivity index (χ0v) is 11.1. The van der Waals surface area contributed by atoms with Gasteiger partial charge in [-0.05, 0) is 25.1 Å². The molecule has 2 rings (SSSR count). The molecule has 3 nitrogen and oxygen atoms in total. The maximum atomic E-state index is 13.1. The van der Waals surface area contributed by atoms with E-state index < -0.39 is 6.10 Å². The SMILES string of the molecule is C[C@@H](O)CNC(=O)c1sc2cc(F)ccc2c1Cl. The normalized spacial score (nSPS) is 12.7. The predicted molar refractivity (Wildman–Crippen MR) is 70.8 cm³/mol. The summed E-state index contributed by atoms with van der Waals surface area (Å²) in [7, 11) is 0. The van der Waals surface area contributed by atoms with Crippen LogP contribution in [-0.2, 0) is 0 Å². The molecule has 1 amide bonds. The fourth-order valence-corrected chi connectivity index (χ4v) is 2.96. The van der Waals surface area contributed by atoms with Gasteiger partial charge in [-0.25, -0.2) is 4.39 Å². The monoisotopic (exact) mass is 287 g/mol. The lowest BCUT2D eigenvalue weighted by molar-refractivity contribution is 0.0928. The standard InChI is InChI=1S/C12H11ClFNO2S/c1-6(16)5-15-12(17)11-10(13)8-3-2-7(14)4-9(8)18-11/h2-4,6,16H,5H2,1H3,(H,15,17)/t6-/m1/s1. The van der Waals surface area contributed by atoms with E-state index in [0.29, 0.717) is 20.0 Å². The lowest BCUT2D eigenvalue weighted by Gasteiger charge is -2.05. The van der Waals surface area contributed by atoms with Gasteiger partial charge in [-0.3, -0.25) is 4.79 Å². The van der Waals surface area contributed by atoms with Gasteiger partial charge in [0.25, 0.3) is 5.91 Å². The minimum atomic E-state index is -0.625. The van der Waals surface area contributed by atoms with E-state index in [-0.39, 0.29) is 18.3 Å². The predicted octanol–water partition coefficient (Wildman–Crippen LogP) is 2.80. The number of aliphatic hydroxyl groups is 1. The molecule has 0 radical (unpaired) electrons. The molecule has 18 heavy (non-hydrogen) atoms. The first-order valence-electron chi connectivity index (χ1n) is 5.33. The Balaban J connectivity index is 2.33. The molecule has 1 heterocycles. The van der Waals surface area contributed by atoms with Crippen LogP contribution in [0.3, 0.4) is 0 Å². The van der Waals surface area contributed by atoms with E-state index in [9.17, 15) is 9.18 Å². The van der Waals surface area contributed by atoms with Gasteiger partial charge in [0.2, 0.25) is 0 Å². The topological polar surface area (TPSA) is 49.3 Å². The molecule has 0 fully saturated rings. The van der Waals surface area contributed by atoms with Crippen molar-refractivity contribution in [1.82, 2.24) is 5.32 Å². The van der Waals surface area contributed by atoms with Gasteiger partial charge in [-0.1, -0.05) is 11.6 Å². The molecule has 0 aliphatic carbocycles. The first kappa shape index (κ1) is 13.3. The number of hydrogen-bond acceptors (Lipinski definition) is 3. The van der Waals surface area contributed by atoms with Crippen LogP contribution in [0.5, 0.6) is 0 Å². The highest BCUT2D eigenvalue weighted by Crippen LogP contribution is 2.35. The van der Waals surface area contributed by atoms with Gasteiger partial charge < -0.3 is 10.4 Å². The Bertz CT molecular complexity index is 597. The molecule has 0 bridgehead atoms. The molecule has 0 aliphatic rings. The largest absolute Gasteiger partial charge is 0.392 e. The van der Waals surface area contributed by atoms with Crippen LogP contribution in [-0.4, -0.2) is 23.7 Å². The van der Waals surface area contributed by atoms with Crippen molar-refractivity contribution in [2.24, 2.45) is 0 Å². The summed E-state index contributed by atoms with van der Waals surface area (Å²) in [5.41, 5.74) is 0. The van der Waals surface area contributed by atoms with Crippen molar-refractivity contribution in [3.8, 4) is 0 Å². The molecule has 0 saturated heterocycles. The van der Waals surface area contributed by atoms with Crippen molar-refractivity contribution in [1.29, 1.82) is 0 Å². The zero-order valence-electron chi connectivity index (χ0n) is 9.54. The number of rotatable bonds is 3. The Morgan fingerprint density at radius 3 is 3.00 bits per heavy atom.